The van der Waals surface area contributed by atoms with Crippen LogP contribution in [0.1, 0.15) is 148 Å². The first kappa shape index (κ1) is 73.4. The minimum Gasteiger partial charge on any atom is -0.464 e. The van der Waals surface area contributed by atoms with Gasteiger partial charge in [-0.3, -0.25) is 33.7 Å². The molecule has 2 saturated heterocycles. The van der Waals surface area contributed by atoms with Gasteiger partial charge in [-0.15, -0.1) is 12.4 Å². The average molecular weight is 1320 g/mol. The van der Waals surface area contributed by atoms with Crippen LogP contribution in [0.25, 0.3) is 0 Å². The van der Waals surface area contributed by atoms with Crippen LogP contribution in [0.15, 0.2) is 60.7 Å². The van der Waals surface area contributed by atoms with E-state index in [0.29, 0.717) is 50.0 Å². The molecule has 0 radical (unpaired) electrons. The number of carbonyl (C=O) groups excluding carboxylic acids is 9. The maximum Gasteiger partial charge on any atom is 0.410 e. The number of hydrogen-bond acceptors (Lipinski definition) is 17. The monoisotopic (exact) mass is 1320 g/mol. The topological polar surface area (TPSA) is 272 Å². The number of carbonyl (C=O) groups is 9. The van der Waals surface area contributed by atoms with Crippen molar-refractivity contribution >= 4 is 66.0 Å². The second-order valence-electron chi connectivity index (χ2n) is 26.8. The number of aliphatic hydroxyl groups is 1. The standard InChI is InChI=1S/C34H44FN3O9.C25H38N2O8.C9H9F.ClH/c1-5-45-31(42)34-17-23(34)10-6-7-13-44-14-12-21(15-28(39)47-33(2,3)4)30(41)38-19-24(16-27(38)29(40)36-34)46-32(43)37-18-22-9-8-11-26(35)25(22)20-37;1-5-34-23(32)25-14-17(25)8-6-7-10-33-11-9-16(12-20(29)35-24(2,3)4)22(31)27-15-18(28)13-19(27)21(30)26-25;10-9-6-2-4-7-3-1-5-8(7)9;/h6,8-11,21,23-24,27H,5,7,12-20H2,1-4H3,(H,36,40);6,8,16-19,28H,5,7,9-15H2,1-4H3,(H,26,30);2,4,6H,1,3,5H2;1H/b10-6-;8-6-;;/t21-,23-,24-,27+,34-;16-,17-,18-,19+,25-;;/m11../s1. The number of hydrogen-bond donors (Lipinski definition) is 3. The zero-order chi connectivity index (χ0) is 66.7. The van der Waals surface area contributed by atoms with Crippen molar-refractivity contribution in [2.45, 2.75) is 199 Å². The first-order valence-electron chi connectivity index (χ1n) is 32.3. The molecule has 0 bridgehead atoms. The predicted molar refractivity (Wildman–Crippen MR) is 335 cm³/mol. The third kappa shape index (κ3) is 19.1. The molecular weight excluding hydrogens is 1230 g/mol. The lowest BCUT2D eigenvalue weighted by molar-refractivity contribution is -0.159. The molecule has 5 aliphatic heterocycles. The molecule has 3 N–H and O–H groups in total. The third-order valence-corrected chi connectivity index (χ3v) is 17.4. The van der Waals surface area contributed by atoms with Gasteiger partial charge in [0, 0.05) is 56.5 Å². The van der Waals surface area contributed by atoms with Gasteiger partial charge in [-0.2, -0.15) is 0 Å². The Balaban J connectivity index is 0.000000233. The Kier molecular flexibility index (Phi) is 25.2. The lowest BCUT2D eigenvalue weighted by atomic mass is 9.99. The molecule has 10 rings (SSSR count). The molecule has 0 unspecified atom stereocenters. The van der Waals surface area contributed by atoms with Crippen molar-refractivity contribution in [1.82, 2.24) is 25.3 Å². The van der Waals surface area contributed by atoms with Crippen LogP contribution in [-0.2, 0) is 97.4 Å². The number of nitrogens with one attached hydrogen (secondary N) is 2. The van der Waals surface area contributed by atoms with Crippen molar-refractivity contribution < 1.29 is 90.2 Å². The van der Waals surface area contributed by atoms with Crippen molar-refractivity contribution in [3.63, 3.8) is 0 Å². The quantitative estimate of drug-likeness (QED) is 0.127. The molecule has 0 spiro atoms. The molecule has 8 aliphatic rings. The summed E-state index contributed by atoms with van der Waals surface area (Å²) in [5.41, 5.74) is -0.668. The summed E-state index contributed by atoms with van der Waals surface area (Å²) in [6.07, 6.45) is 10.2. The van der Waals surface area contributed by atoms with Gasteiger partial charge in [-0.25, -0.2) is 23.2 Å². The van der Waals surface area contributed by atoms with Crippen LogP contribution < -0.4 is 10.6 Å². The average Bonchev–Trinajstić information content (AvgIpc) is 1.59. The van der Waals surface area contributed by atoms with E-state index >= 15 is 0 Å². The summed E-state index contributed by atoms with van der Waals surface area (Å²) >= 11 is 0. The van der Waals surface area contributed by atoms with Crippen LogP contribution in [0.3, 0.4) is 0 Å². The molecule has 25 heteroatoms. The number of aliphatic hydroxyl groups excluding tert-OH is 1. The zero-order valence-corrected chi connectivity index (χ0v) is 55.5. The molecule has 93 heavy (non-hydrogen) atoms. The maximum absolute atomic E-state index is 14.3. The summed E-state index contributed by atoms with van der Waals surface area (Å²) in [5.74, 6) is -6.74. The smallest absolute Gasteiger partial charge is 0.410 e. The van der Waals surface area contributed by atoms with Gasteiger partial charge >= 0.3 is 30.0 Å². The Bertz CT molecular complexity index is 3120. The Morgan fingerprint density at radius 2 is 1.13 bits per heavy atom. The lowest BCUT2D eigenvalue weighted by Gasteiger charge is -2.29. The minimum absolute atomic E-state index is 0. The summed E-state index contributed by atoms with van der Waals surface area (Å²) in [6, 6.07) is 7.96. The van der Waals surface area contributed by atoms with Crippen LogP contribution in [0, 0.1) is 35.3 Å². The number of halogens is 3. The van der Waals surface area contributed by atoms with Crippen LogP contribution in [-0.4, -0.2) is 173 Å². The minimum atomic E-state index is -1.28. The highest BCUT2D eigenvalue weighted by Crippen LogP contribution is 2.48. The van der Waals surface area contributed by atoms with E-state index in [9.17, 15) is 57.0 Å². The third-order valence-electron chi connectivity index (χ3n) is 17.4. The summed E-state index contributed by atoms with van der Waals surface area (Å²) in [4.78, 5) is 123. The number of amides is 5. The summed E-state index contributed by atoms with van der Waals surface area (Å²) in [7, 11) is 0. The SMILES string of the molecule is CCOC(=O)[C@@]12C[C@H]1/C=C\CCOCC[C@H](CC(=O)OC(C)(C)C)C(=O)N1C[C@H](O)C[C@H]1C(=O)N2.CCOC(=O)[C@@]12C[C@H]1/C=C\CCOCC[C@H](CC(=O)OC(C)(C)C)C(=O)N1C[C@H](OC(=O)N3Cc4cccc(F)c4C3)C[C@H]1C(=O)N2.Cl.Fc1cccc2c1CCC2. The van der Waals surface area contributed by atoms with E-state index in [4.69, 9.17) is 33.2 Å². The number of esters is 4. The zero-order valence-electron chi connectivity index (χ0n) is 54.6. The van der Waals surface area contributed by atoms with Gasteiger partial charge in [0.15, 0.2) is 0 Å². The number of nitrogens with zero attached hydrogens (tertiary/aromatic N) is 3. The van der Waals surface area contributed by atoms with Gasteiger partial charge in [0.25, 0.3) is 0 Å². The van der Waals surface area contributed by atoms with Crippen LogP contribution in [0.5, 0.6) is 0 Å². The van der Waals surface area contributed by atoms with E-state index in [-0.39, 0.29) is 121 Å². The second-order valence-corrected chi connectivity index (χ2v) is 26.8. The number of aryl methyl sites for hydroxylation is 1. The van der Waals surface area contributed by atoms with Gasteiger partial charge in [0.2, 0.25) is 23.6 Å². The molecule has 10 atom stereocenters. The highest BCUT2D eigenvalue weighted by atomic mass is 35.5. The molecule has 22 nitrogen and oxygen atoms in total. The molecule has 2 saturated carbocycles. The maximum atomic E-state index is 14.3. The molecule has 2 aromatic carbocycles. The predicted octanol–water partition coefficient (Wildman–Crippen LogP) is 7.24. The molecular formula is C68H92ClF2N5O17. The number of fused-ring (bicyclic) bond motifs is 6. The van der Waals surface area contributed by atoms with Gasteiger partial charge in [-0.1, -0.05) is 48.6 Å². The van der Waals surface area contributed by atoms with Crippen molar-refractivity contribution in [3.8, 4) is 0 Å². The fourth-order valence-electron chi connectivity index (χ4n) is 12.7. The molecule has 512 valence electrons. The highest BCUT2D eigenvalue weighted by molar-refractivity contribution is 5.97. The summed E-state index contributed by atoms with van der Waals surface area (Å²) in [6.45, 7) is 15.4. The van der Waals surface area contributed by atoms with E-state index in [0.717, 1.165) is 24.8 Å². The first-order valence-corrected chi connectivity index (χ1v) is 32.3. The van der Waals surface area contributed by atoms with E-state index in [1.807, 2.05) is 30.4 Å². The molecule has 5 amide bonds. The van der Waals surface area contributed by atoms with Crippen molar-refractivity contribution in [2.24, 2.45) is 23.7 Å². The Morgan fingerprint density at radius 3 is 1.61 bits per heavy atom. The number of benzene rings is 2. The molecule has 3 aliphatic carbocycles. The van der Waals surface area contributed by atoms with Gasteiger partial charge < -0.3 is 58.7 Å². The first-order chi connectivity index (χ1) is 43.6. The van der Waals surface area contributed by atoms with E-state index in [2.05, 4.69) is 10.6 Å². The highest BCUT2D eigenvalue weighted by Gasteiger charge is 2.63. The van der Waals surface area contributed by atoms with Crippen LogP contribution >= 0.6 is 12.4 Å². The Labute approximate surface area is 548 Å². The normalized spacial score (nSPS) is 28.4. The molecule has 2 aromatic rings. The largest absolute Gasteiger partial charge is 0.464 e. The van der Waals surface area contributed by atoms with E-state index in [1.54, 1.807) is 79.7 Å². The Morgan fingerprint density at radius 1 is 0.645 bits per heavy atom. The molecule has 5 heterocycles. The fraction of sp³-hybridized carbons (Fsp3) is 0.632. The van der Waals surface area contributed by atoms with Gasteiger partial charge in [-0.05, 0) is 142 Å². The molecule has 0 aromatic heterocycles. The van der Waals surface area contributed by atoms with E-state index in [1.165, 1.54) is 26.3 Å². The summed E-state index contributed by atoms with van der Waals surface area (Å²) < 4.78 is 66.0. The van der Waals surface area contributed by atoms with Crippen LogP contribution in [0.4, 0.5) is 13.6 Å². The Hall–Kier alpha value is -7.02. The van der Waals surface area contributed by atoms with Gasteiger partial charge in [0.1, 0.15) is 52.1 Å². The number of rotatable bonds is 9. The van der Waals surface area contributed by atoms with Crippen molar-refractivity contribution in [3.05, 3.63) is 94.6 Å². The number of ether oxygens (including phenoxy) is 7. The summed E-state index contributed by atoms with van der Waals surface area (Å²) in [5, 5.41) is 16.0. The van der Waals surface area contributed by atoms with Crippen molar-refractivity contribution in [1.29, 1.82) is 0 Å². The van der Waals surface area contributed by atoms with E-state index < -0.39 is 118 Å². The fourth-order valence-corrected chi connectivity index (χ4v) is 12.7. The van der Waals surface area contributed by atoms with Crippen molar-refractivity contribution in [2.75, 3.05) is 52.7 Å². The van der Waals surface area contributed by atoms with Crippen LogP contribution in [0.2, 0.25) is 0 Å². The molecule has 4 fully saturated rings. The second kappa shape index (κ2) is 31.9. The lowest BCUT2D eigenvalue weighted by Crippen LogP contribution is -2.54. The van der Waals surface area contributed by atoms with Gasteiger partial charge in [0.05, 0.1) is 70.3 Å².